The van der Waals surface area contributed by atoms with Crippen LogP contribution in [0.3, 0.4) is 0 Å². The van der Waals surface area contributed by atoms with E-state index in [-0.39, 0.29) is 0 Å². The van der Waals surface area contributed by atoms with Crippen LogP contribution in [0.2, 0.25) is 0 Å². The molecule has 10 heavy (non-hydrogen) atoms. The lowest BCUT2D eigenvalue weighted by atomic mass is 10.6. The molecule has 0 bridgehead atoms. The molecular formula is C6H14ClNO2. The van der Waals surface area contributed by atoms with Gasteiger partial charge in [-0.3, -0.25) is 0 Å². The predicted molar refractivity (Wildman–Crippen MR) is 41.2 cm³/mol. The van der Waals surface area contributed by atoms with Crippen LogP contribution in [0.1, 0.15) is 0 Å². The quantitative estimate of drug-likeness (QED) is 0.545. The van der Waals surface area contributed by atoms with Gasteiger partial charge < -0.3 is 9.47 Å². The number of ether oxygens (including phenoxy) is 2. The molecule has 0 aromatic rings. The molecule has 62 valence electrons. The maximum atomic E-state index is 5.71. The van der Waals surface area contributed by atoms with Crippen molar-refractivity contribution in [2.24, 2.45) is 0 Å². The first-order valence-corrected chi connectivity index (χ1v) is 3.53. The molecule has 0 aromatic carbocycles. The Morgan fingerprint density at radius 3 is 1.80 bits per heavy atom. The third-order valence-corrected chi connectivity index (χ3v) is 1.41. The van der Waals surface area contributed by atoms with Crippen molar-refractivity contribution >= 4 is 11.8 Å². The third-order valence-electron chi connectivity index (χ3n) is 1.08. The number of rotatable bonds is 6. The fourth-order valence-electron chi connectivity index (χ4n) is 0.492. The summed E-state index contributed by atoms with van der Waals surface area (Å²) in [4.78, 5) is 0. The molecule has 0 aromatic heterocycles. The first kappa shape index (κ1) is 10.2. The van der Waals surface area contributed by atoms with Crippen LogP contribution < -0.4 is 0 Å². The van der Waals surface area contributed by atoms with Crippen molar-refractivity contribution in [3.63, 3.8) is 0 Å². The van der Waals surface area contributed by atoms with E-state index in [9.17, 15) is 0 Å². The second-order valence-corrected chi connectivity index (χ2v) is 2.37. The lowest BCUT2D eigenvalue weighted by molar-refractivity contribution is 0.152. The molecule has 3 nitrogen and oxygen atoms in total. The van der Waals surface area contributed by atoms with E-state index in [0.29, 0.717) is 13.2 Å². The van der Waals surface area contributed by atoms with Crippen LogP contribution in [0.15, 0.2) is 0 Å². The van der Waals surface area contributed by atoms with Gasteiger partial charge >= 0.3 is 0 Å². The fraction of sp³-hybridized carbons (Fsp3) is 1.00. The highest BCUT2D eigenvalue weighted by atomic mass is 35.5. The summed E-state index contributed by atoms with van der Waals surface area (Å²) in [5.41, 5.74) is 0. The van der Waals surface area contributed by atoms with Crippen molar-refractivity contribution in [2.75, 3.05) is 40.5 Å². The van der Waals surface area contributed by atoms with Gasteiger partial charge in [0.05, 0.1) is 13.2 Å². The minimum absolute atomic E-state index is 0.660. The summed E-state index contributed by atoms with van der Waals surface area (Å²) in [6.07, 6.45) is 0. The minimum Gasteiger partial charge on any atom is -0.383 e. The zero-order chi connectivity index (χ0) is 7.82. The van der Waals surface area contributed by atoms with E-state index in [4.69, 9.17) is 21.3 Å². The lowest BCUT2D eigenvalue weighted by Crippen LogP contribution is -2.21. The largest absolute Gasteiger partial charge is 0.383 e. The van der Waals surface area contributed by atoms with Crippen LogP contribution in [0.4, 0.5) is 0 Å². The predicted octanol–water partition coefficient (Wildman–Crippen LogP) is 0.735. The Bertz CT molecular complexity index is 64.8. The molecule has 0 heterocycles. The van der Waals surface area contributed by atoms with Gasteiger partial charge in [0.15, 0.2) is 0 Å². The van der Waals surface area contributed by atoms with E-state index < -0.39 is 0 Å². The zero-order valence-corrected chi connectivity index (χ0v) is 7.23. The van der Waals surface area contributed by atoms with Crippen molar-refractivity contribution in [2.45, 2.75) is 0 Å². The molecule has 0 unspecified atom stereocenters. The van der Waals surface area contributed by atoms with Crippen molar-refractivity contribution in [1.82, 2.24) is 4.42 Å². The maximum Gasteiger partial charge on any atom is 0.0602 e. The molecule has 0 amide bonds. The van der Waals surface area contributed by atoms with Gasteiger partial charge in [-0.1, -0.05) is 0 Å². The smallest absolute Gasteiger partial charge is 0.0602 e. The van der Waals surface area contributed by atoms with Gasteiger partial charge in [-0.15, -0.1) is 0 Å². The molecule has 0 saturated carbocycles. The molecule has 0 aliphatic rings. The van der Waals surface area contributed by atoms with E-state index in [2.05, 4.69) is 0 Å². The summed E-state index contributed by atoms with van der Waals surface area (Å²) >= 11 is 5.71. The molecular weight excluding hydrogens is 154 g/mol. The van der Waals surface area contributed by atoms with Crippen LogP contribution in [-0.2, 0) is 9.47 Å². The Morgan fingerprint density at radius 2 is 1.50 bits per heavy atom. The summed E-state index contributed by atoms with van der Waals surface area (Å²) < 4.78 is 11.3. The minimum atomic E-state index is 0.660. The van der Waals surface area contributed by atoms with Crippen molar-refractivity contribution < 1.29 is 9.47 Å². The number of hydrogen-bond acceptors (Lipinski definition) is 3. The molecule has 0 fully saturated rings. The average molecular weight is 168 g/mol. The van der Waals surface area contributed by atoms with Gasteiger partial charge in [-0.05, 0) is 11.8 Å². The number of methoxy groups -OCH3 is 2. The summed E-state index contributed by atoms with van der Waals surface area (Å²) in [7, 11) is 3.31. The van der Waals surface area contributed by atoms with Gasteiger partial charge in [-0.25, -0.2) is 4.42 Å². The first-order valence-electron chi connectivity index (χ1n) is 3.20. The third kappa shape index (κ3) is 6.29. The Labute approximate surface area is 67.0 Å². The molecule has 4 heteroatoms. The first-order chi connectivity index (χ1) is 4.81. The Hall–Kier alpha value is 0.170. The van der Waals surface area contributed by atoms with Gasteiger partial charge in [0, 0.05) is 27.3 Å². The average Bonchev–Trinajstić information content (AvgIpc) is 1.97. The standard InChI is InChI=1S/C6H14ClNO2/c1-9-5-3-8(7)4-6-10-2/h3-6H2,1-2H3. The monoisotopic (exact) mass is 167 g/mol. The van der Waals surface area contributed by atoms with E-state index >= 15 is 0 Å². The zero-order valence-electron chi connectivity index (χ0n) is 6.47. The number of hydrogen-bond donors (Lipinski definition) is 0. The van der Waals surface area contributed by atoms with Gasteiger partial charge in [0.25, 0.3) is 0 Å². The van der Waals surface area contributed by atoms with Gasteiger partial charge in [0.1, 0.15) is 0 Å². The van der Waals surface area contributed by atoms with E-state index in [0.717, 1.165) is 13.1 Å². The number of halogens is 1. The van der Waals surface area contributed by atoms with Gasteiger partial charge in [-0.2, -0.15) is 0 Å². The van der Waals surface area contributed by atoms with Crippen molar-refractivity contribution in [3.05, 3.63) is 0 Å². The highest BCUT2D eigenvalue weighted by Gasteiger charge is 1.97. The number of nitrogens with zero attached hydrogens (tertiary/aromatic N) is 1. The van der Waals surface area contributed by atoms with Gasteiger partial charge in [0.2, 0.25) is 0 Å². The van der Waals surface area contributed by atoms with E-state index in [1.807, 2.05) is 0 Å². The summed E-state index contributed by atoms with van der Waals surface area (Å²) in [6, 6.07) is 0. The summed E-state index contributed by atoms with van der Waals surface area (Å²) in [5.74, 6) is 0. The van der Waals surface area contributed by atoms with Crippen LogP contribution in [0, 0.1) is 0 Å². The summed E-state index contributed by atoms with van der Waals surface area (Å²) in [6.45, 7) is 2.79. The summed E-state index contributed by atoms with van der Waals surface area (Å²) in [5, 5.41) is 0. The Balaban J connectivity index is 3.00. The maximum absolute atomic E-state index is 5.71. The van der Waals surface area contributed by atoms with Crippen molar-refractivity contribution in [3.8, 4) is 0 Å². The van der Waals surface area contributed by atoms with Crippen LogP contribution in [-0.4, -0.2) is 44.9 Å². The molecule has 0 saturated heterocycles. The molecule has 0 atom stereocenters. The van der Waals surface area contributed by atoms with Crippen LogP contribution in [0.5, 0.6) is 0 Å². The normalized spacial score (nSPS) is 10.8. The Morgan fingerprint density at radius 1 is 1.10 bits per heavy atom. The fourth-order valence-corrected chi connectivity index (χ4v) is 0.630. The highest BCUT2D eigenvalue weighted by molar-refractivity contribution is 6.13. The van der Waals surface area contributed by atoms with Crippen LogP contribution >= 0.6 is 11.8 Å². The molecule has 0 aliphatic carbocycles. The molecule has 0 rings (SSSR count). The molecule has 0 radical (unpaired) electrons. The molecule has 0 N–H and O–H groups in total. The Kier molecular flexibility index (Phi) is 7.40. The van der Waals surface area contributed by atoms with Crippen LogP contribution in [0.25, 0.3) is 0 Å². The topological polar surface area (TPSA) is 21.7 Å². The van der Waals surface area contributed by atoms with E-state index in [1.165, 1.54) is 0 Å². The lowest BCUT2D eigenvalue weighted by Gasteiger charge is -2.11. The van der Waals surface area contributed by atoms with Crippen molar-refractivity contribution in [1.29, 1.82) is 0 Å². The highest BCUT2D eigenvalue weighted by Crippen LogP contribution is 1.91. The molecule has 0 spiro atoms. The van der Waals surface area contributed by atoms with E-state index in [1.54, 1.807) is 18.6 Å². The molecule has 0 aliphatic heterocycles. The SMILES string of the molecule is COCCN(Cl)CCOC. The second kappa shape index (κ2) is 7.28. The second-order valence-electron chi connectivity index (χ2n) is 1.90.